The summed E-state index contributed by atoms with van der Waals surface area (Å²) in [5, 5.41) is 11.9. The van der Waals surface area contributed by atoms with E-state index in [2.05, 4.69) is 0 Å². The zero-order chi connectivity index (χ0) is 10.3. The summed E-state index contributed by atoms with van der Waals surface area (Å²) in [6.45, 7) is 1.97. The monoisotopic (exact) mass is 319 g/mol. The van der Waals surface area contributed by atoms with Crippen LogP contribution in [0.2, 0.25) is 0 Å². The Hall–Kier alpha value is -0.690. The lowest BCUT2D eigenvalue weighted by Gasteiger charge is -1.92. The Bertz CT molecular complexity index is 521. The molecule has 0 aliphatic carbocycles. The molecule has 0 aliphatic heterocycles. The quantitative estimate of drug-likeness (QED) is 0.457. The third-order valence-corrected chi connectivity index (χ3v) is 4.75. The third kappa shape index (κ3) is 1.40. The van der Waals surface area contributed by atoms with E-state index < -0.39 is 0 Å². The molecule has 1 aromatic heterocycles. The molecule has 0 radical (unpaired) electrons. The van der Waals surface area contributed by atoms with Gasteiger partial charge in [0, 0.05) is 10.1 Å². The molecule has 0 fully saturated rings. The second kappa shape index (κ2) is 3.47. The van der Waals surface area contributed by atoms with Crippen LogP contribution in [0.5, 0.6) is 0 Å². The number of aryl methyl sites for hydroxylation is 1. The van der Waals surface area contributed by atoms with Crippen molar-refractivity contribution in [2.24, 2.45) is 0 Å². The normalized spacial score (nSPS) is 10.7. The Morgan fingerprint density at radius 1 is 1.50 bits per heavy atom. The maximum atomic E-state index is 10.7. The molecule has 0 saturated heterocycles. The van der Waals surface area contributed by atoms with E-state index in [1.807, 2.05) is 47.7 Å². The minimum atomic E-state index is -0.314. The van der Waals surface area contributed by atoms with Crippen LogP contribution in [0.3, 0.4) is 0 Å². The van der Waals surface area contributed by atoms with Crippen molar-refractivity contribution in [2.75, 3.05) is 0 Å². The highest BCUT2D eigenvalue weighted by molar-refractivity contribution is 14.1. The number of hydrogen-bond acceptors (Lipinski definition) is 3. The molecule has 0 atom stereocenters. The van der Waals surface area contributed by atoms with Crippen LogP contribution >= 0.6 is 33.9 Å². The van der Waals surface area contributed by atoms with Crippen molar-refractivity contribution in [3.05, 3.63) is 37.4 Å². The maximum Gasteiger partial charge on any atom is 0.338 e. The Morgan fingerprint density at radius 2 is 2.21 bits per heavy atom. The average Bonchev–Trinajstić information content (AvgIpc) is 2.46. The highest BCUT2D eigenvalue weighted by atomic mass is 127. The van der Waals surface area contributed by atoms with Gasteiger partial charge in [-0.3, -0.25) is 10.1 Å². The lowest BCUT2D eigenvalue weighted by Crippen LogP contribution is -1.84. The molecule has 0 saturated carbocycles. The SMILES string of the molecule is Cc1cccc2c(I)c([N+](=O)[O-])sc12. The van der Waals surface area contributed by atoms with Gasteiger partial charge in [0.15, 0.2) is 0 Å². The third-order valence-electron chi connectivity index (χ3n) is 2.00. The van der Waals surface area contributed by atoms with Gasteiger partial charge in [0.05, 0.1) is 4.92 Å². The van der Waals surface area contributed by atoms with Crippen LogP contribution in [0.25, 0.3) is 10.1 Å². The van der Waals surface area contributed by atoms with Gasteiger partial charge in [0.1, 0.15) is 3.57 Å². The van der Waals surface area contributed by atoms with E-state index in [1.54, 1.807) is 0 Å². The fourth-order valence-electron chi connectivity index (χ4n) is 1.33. The Kier molecular flexibility index (Phi) is 2.44. The highest BCUT2D eigenvalue weighted by Gasteiger charge is 2.19. The van der Waals surface area contributed by atoms with E-state index in [-0.39, 0.29) is 9.92 Å². The molecule has 2 rings (SSSR count). The van der Waals surface area contributed by atoms with Gasteiger partial charge in [-0.25, -0.2) is 0 Å². The molecule has 0 bridgehead atoms. The zero-order valence-corrected chi connectivity index (χ0v) is 10.3. The topological polar surface area (TPSA) is 43.1 Å². The number of rotatable bonds is 1. The van der Waals surface area contributed by atoms with Crippen LogP contribution in [0, 0.1) is 20.6 Å². The largest absolute Gasteiger partial charge is 0.338 e. The van der Waals surface area contributed by atoms with Crippen LogP contribution in [-0.4, -0.2) is 4.92 Å². The number of nitro groups is 1. The second-order valence-electron chi connectivity index (χ2n) is 2.93. The van der Waals surface area contributed by atoms with Crippen LogP contribution in [0.1, 0.15) is 5.56 Å². The van der Waals surface area contributed by atoms with E-state index in [1.165, 1.54) is 11.3 Å². The summed E-state index contributed by atoms with van der Waals surface area (Å²) in [6, 6.07) is 5.82. The molecule has 0 unspecified atom stereocenters. The minimum absolute atomic E-state index is 0.245. The second-order valence-corrected chi connectivity index (χ2v) is 5.01. The van der Waals surface area contributed by atoms with Crippen molar-refractivity contribution in [3.8, 4) is 0 Å². The van der Waals surface area contributed by atoms with Crippen molar-refractivity contribution < 1.29 is 4.92 Å². The average molecular weight is 319 g/mol. The first kappa shape index (κ1) is 9.85. The fraction of sp³-hybridized carbons (Fsp3) is 0.111. The molecule has 2 aromatic rings. The minimum Gasteiger partial charge on any atom is -0.258 e. The van der Waals surface area contributed by atoms with Crippen LogP contribution in [0.15, 0.2) is 18.2 Å². The van der Waals surface area contributed by atoms with Gasteiger partial charge < -0.3 is 0 Å². The molecule has 1 heterocycles. The van der Waals surface area contributed by atoms with Crippen LogP contribution < -0.4 is 0 Å². The molecule has 5 heteroatoms. The highest BCUT2D eigenvalue weighted by Crippen LogP contribution is 2.39. The molecule has 0 spiro atoms. The molecule has 14 heavy (non-hydrogen) atoms. The number of nitrogens with zero attached hydrogens (tertiary/aromatic N) is 1. The first-order valence-electron chi connectivity index (χ1n) is 3.93. The van der Waals surface area contributed by atoms with E-state index in [9.17, 15) is 10.1 Å². The van der Waals surface area contributed by atoms with E-state index in [4.69, 9.17) is 0 Å². The van der Waals surface area contributed by atoms with Crippen molar-refractivity contribution in [2.45, 2.75) is 6.92 Å². The van der Waals surface area contributed by atoms with Crippen LogP contribution in [0.4, 0.5) is 5.00 Å². The van der Waals surface area contributed by atoms with Crippen molar-refractivity contribution >= 4 is 49.0 Å². The van der Waals surface area contributed by atoms with Gasteiger partial charge in [-0.15, -0.1) is 0 Å². The van der Waals surface area contributed by atoms with Crippen LogP contribution in [-0.2, 0) is 0 Å². The summed E-state index contributed by atoms with van der Waals surface area (Å²) < 4.78 is 1.76. The lowest BCUT2D eigenvalue weighted by molar-refractivity contribution is -0.381. The summed E-state index contributed by atoms with van der Waals surface area (Å²) in [6.07, 6.45) is 0. The summed E-state index contributed by atoms with van der Waals surface area (Å²) in [5.41, 5.74) is 1.10. The summed E-state index contributed by atoms with van der Waals surface area (Å²) in [4.78, 5) is 10.4. The number of hydrogen-bond donors (Lipinski definition) is 0. The Balaban J connectivity index is 2.86. The zero-order valence-electron chi connectivity index (χ0n) is 7.28. The summed E-state index contributed by atoms with van der Waals surface area (Å²) in [7, 11) is 0. The van der Waals surface area contributed by atoms with Gasteiger partial charge in [-0.1, -0.05) is 29.5 Å². The molecular formula is C9H6INO2S. The summed E-state index contributed by atoms with van der Waals surface area (Å²) >= 11 is 3.29. The Morgan fingerprint density at radius 3 is 2.79 bits per heavy atom. The molecule has 1 aromatic carbocycles. The van der Waals surface area contributed by atoms with E-state index in [0.717, 1.165) is 19.2 Å². The Labute approximate surface area is 98.0 Å². The fourth-order valence-corrected chi connectivity index (χ4v) is 3.47. The molecular weight excluding hydrogens is 313 g/mol. The predicted octanol–water partition coefficient (Wildman–Crippen LogP) is 3.72. The van der Waals surface area contributed by atoms with Crippen molar-refractivity contribution in [1.29, 1.82) is 0 Å². The van der Waals surface area contributed by atoms with Gasteiger partial charge in [-0.2, -0.15) is 0 Å². The standard InChI is InChI=1S/C9H6INO2S/c1-5-3-2-4-6-7(10)9(11(12)13)14-8(5)6/h2-4H,1H3. The molecule has 3 nitrogen and oxygen atoms in total. The lowest BCUT2D eigenvalue weighted by atomic mass is 10.2. The molecule has 72 valence electrons. The number of benzene rings is 1. The van der Waals surface area contributed by atoms with E-state index in [0.29, 0.717) is 0 Å². The molecule has 0 N–H and O–H groups in total. The van der Waals surface area contributed by atoms with Gasteiger partial charge in [-0.05, 0) is 35.1 Å². The molecule has 0 aliphatic rings. The number of fused-ring (bicyclic) bond motifs is 1. The predicted molar refractivity (Wildman–Crippen MR) is 65.9 cm³/mol. The van der Waals surface area contributed by atoms with Gasteiger partial charge in [0.25, 0.3) is 0 Å². The smallest absolute Gasteiger partial charge is 0.258 e. The first-order valence-corrected chi connectivity index (χ1v) is 5.83. The van der Waals surface area contributed by atoms with Crippen molar-refractivity contribution in [3.63, 3.8) is 0 Å². The number of halogens is 1. The molecule has 0 amide bonds. The number of thiophene rings is 1. The van der Waals surface area contributed by atoms with Crippen molar-refractivity contribution in [1.82, 2.24) is 0 Å². The van der Waals surface area contributed by atoms with E-state index >= 15 is 0 Å². The van der Waals surface area contributed by atoms with Gasteiger partial charge >= 0.3 is 5.00 Å². The summed E-state index contributed by atoms with van der Waals surface area (Å²) in [5.74, 6) is 0. The van der Waals surface area contributed by atoms with Gasteiger partial charge in [0.2, 0.25) is 0 Å². The first-order chi connectivity index (χ1) is 6.61. The maximum absolute atomic E-state index is 10.7.